The Hall–Kier alpha value is -2.77. The van der Waals surface area contributed by atoms with Crippen LogP contribution in [0.4, 0.5) is 9.59 Å². The first-order chi connectivity index (χ1) is 15.2. The summed E-state index contributed by atoms with van der Waals surface area (Å²) in [7, 11) is 0. The van der Waals surface area contributed by atoms with Crippen LogP contribution in [0.15, 0.2) is 30.3 Å². The van der Waals surface area contributed by atoms with Crippen LogP contribution in [-0.4, -0.2) is 54.3 Å². The normalized spacial score (nSPS) is 16.9. The van der Waals surface area contributed by atoms with Gasteiger partial charge in [0.05, 0.1) is 6.04 Å². The zero-order chi connectivity index (χ0) is 23.6. The van der Waals surface area contributed by atoms with Crippen LogP contribution in [0.25, 0.3) is 0 Å². The van der Waals surface area contributed by atoms with Gasteiger partial charge >= 0.3 is 12.2 Å². The molecule has 0 aliphatic carbocycles. The predicted molar refractivity (Wildman–Crippen MR) is 122 cm³/mol. The van der Waals surface area contributed by atoms with E-state index in [4.69, 9.17) is 9.47 Å². The van der Waals surface area contributed by atoms with E-state index < -0.39 is 17.8 Å². The summed E-state index contributed by atoms with van der Waals surface area (Å²) in [6.45, 7) is 9.16. The predicted octanol–water partition coefficient (Wildman–Crippen LogP) is 3.84. The van der Waals surface area contributed by atoms with E-state index in [2.05, 4.69) is 10.6 Å². The molecule has 1 saturated heterocycles. The number of carbonyl (C=O) groups is 3. The van der Waals surface area contributed by atoms with Crippen LogP contribution in [0.5, 0.6) is 0 Å². The Morgan fingerprint density at radius 1 is 1.12 bits per heavy atom. The third kappa shape index (κ3) is 9.16. The van der Waals surface area contributed by atoms with Crippen LogP contribution in [0, 0.1) is 5.92 Å². The summed E-state index contributed by atoms with van der Waals surface area (Å²) >= 11 is 0. The SMILES string of the molecule is CCCC(CCNC(=O)OCc1ccccc1)C(=O)N1CC[C@H](NC(=O)OC(C)(C)C)C1. The van der Waals surface area contributed by atoms with E-state index in [-0.39, 0.29) is 24.5 Å². The molecule has 32 heavy (non-hydrogen) atoms. The lowest BCUT2D eigenvalue weighted by atomic mass is 9.98. The summed E-state index contributed by atoms with van der Waals surface area (Å²) in [5, 5.41) is 5.59. The molecule has 1 fully saturated rings. The van der Waals surface area contributed by atoms with Gasteiger partial charge in [-0.3, -0.25) is 4.79 Å². The van der Waals surface area contributed by atoms with Gasteiger partial charge in [0.1, 0.15) is 12.2 Å². The van der Waals surface area contributed by atoms with Crippen LogP contribution in [0.2, 0.25) is 0 Å². The molecule has 0 saturated carbocycles. The summed E-state index contributed by atoms with van der Waals surface area (Å²) in [6, 6.07) is 9.37. The molecule has 8 nitrogen and oxygen atoms in total. The number of benzene rings is 1. The molecule has 0 aromatic heterocycles. The Bertz CT molecular complexity index is 748. The van der Waals surface area contributed by atoms with Crippen molar-refractivity contribution in [2.75, 3.05) is 19.6 Å². The van der Waals surface area contributed by atoms with Crippen molar-refractivity contribution in [3.63, 3.8) is 0 Å². The number of carbonyl (C=O) groups excluding carboxylic acids is 3. The standard InChI is InChI=1S/C24H37N3O5/c1-5-9-19(12-14-25-22(29)31-17-18-10-7-6-8-11-18)21(28)27-15-13-20(16-27)26-23(30)32-24(2,3)4/h6-8,10-11,19-20H,5,9,12-17H2,1-4H3,(H,25,29)(H,26,30)/t19?,20-/m0/s1. The molecule has 2 rings (SSSR count). The summed E-state index contributed by atoms with van der Waals surface area (Å²) in [5.74, 6) is -0.102. The number of nitrogens with zero attached hydrogens (tertiary/aromatic N) is 1. The molecular formula is C24H37N3O5. The zero-order valence-corrected chi connectivity index (χ0v) is 19.7. The molecule has 0 spiro atoms. The molecule has 3 amide bonds. The molecule has 2 N–H and O–H groups in total. The number of hydrogen-bond acceptors (Lipinski definition) is 5. The fourth-order valence-electron chi connectivity index (χ4n) is 3.67. The first-order valence-electron chi connectivity index (χ1n) is 11.4. The number of alkyl carbamates (subject to hydrolysis) is 2. The third-order valence-corrected chi connectivity index (χ3v) is 5.18. The molecule has 0 bridgehead atoms. The van der Waals surface area contributed by atoms with E-state index >= 15 is 0 Å². The number of likely N-dealkylation sites (tertiary alicyclic amines) is 1. The molecule has 1 heterocycles. The first kappa shape index (κ1) is 25.5. The third-order valence-electron chi connectivity index (χ3n) is 5.18. The van der Waals surface area contributed by atoms with Gasteiger partial charge in [-0.15, -0.1) is 0 Å². The quantitative estimate of drug-likeness (QED) is 0.599. The lowest BCUT2D eigenvalue weighted by Gasteiger charge is -2.24. The van der Waals surface area contributed by atoms with Gasteiger partial charge in [-0.2, -0.15) is 0 Å². The highest BCUT2D eigenvalue weighted by molar-refractivity contribution is 5.79. The van der Waals surface area contributed by atoms with Crippen LogP contribution in [0.1, 0.15) is 58.9 Å². The fraction of sp³-hybridized carbons (Fsp3) is 0.625. The van der Waals surface area contributed by atoms with E-state index in [1.807, 2.05) is 58.0 Å². The van der Waals surface area contributed by atoms with Gasteiger partial charge in [0.15, 0.2) is 0 Å². The second kappa shape index (κ2) is 12.3. The number of rotatable bonds is 9. The molecule has 0 radical (unpaired) electrons. The Kier molecular flexibility index (Phi) is 9.81. The molecule has 1 aromatic carbocycles. The summed E-state index contributed by atoms with van der Waals surface area (Å²) in [6.07, 6.45) is 1.93. The molecule has 1 aliphatic rings. The molecule has 2 atom stereocenters. The largest absolute Gasteiger partial charge is 0.445 e. The van der Waals surface area contributed by atoms with Crippen molar-refractivity contribution in [1.29, 1.82) is 0 Å². The molecular weight excluding hydrogens is 410 g/mol. The zero-order valence-electron chi connectivity index (χ0n) is 19.7. The van der Waals surface area contributed by atoms with E-state index in [0.29, 0.717) is 32.5 Å². The minimum atomic E-state index is -0.556. The minimum absolute atomic E-state index is 0.0693. The van der Waals surface area contributed by atoms with Gasteiger partial charge in [-0.1, -0.05) is 43.7 Å². The van der Waals surface area contributed by atoms with Crippen LogP contribution in [-0.2, 0) is 20.9 Å². The maximum Gasteiger partial charge on any atom is 0.407 e. The Morgan fingerprint density at radius 2 is 1.84 bits per heavy atom. The summed E-state index contributed by atoms with van der Waals surface area (Å²) in [4.78, 5) is 38.8. The highest BCUT2D eigenvalue weighted by atomic mass is 16.6. The van der Waals surface area contributed by atoms with E-state index in [9.17, 15) is 14.4 Å². The number of ether oxygens (including phenoxy) is 2. The number of hydrogen-bond donors (Lipinski definition) is 2. The molecule has 8 heteroatoms. The average Bonchev–Trinajstić information content (AvgIpc) is 3.18. The smallest absolute Gasteiger partial charge is 0.407 e. The number of nitrogens with one attached hydrogen (secondary N) is 2. The Morgan fingerprint density at radius 3 is 2.50 bits per heavy atom. The second-order valence-electron chi connectivity index (χ2n) is 9.18. The van der Waals surface area contributed by atoms with Gasteiger partial charge in [-0.05, 0) is 45.6 Å². The second-order valence-corrected chi connectivity index (χ2v) is 9.18. The minimum Gasteiger partial charge on any atom is -0.445 e. The lowest BCUT2D eigenvalue weighted by molar-refractivity contribution is -0.135. The van der Waals surface area contributed by atoms with Crippen molar-refractivity contribution in [3.05, 3.63) is 35.9 Å². The maximum absolute atomic E-state index is 13.0. The first-order valence-corrected chi connectivity index (χ1v) is 11.4. The highest BCUT2D eigenvalue weighted by Crippen LogP contribution is 2.19. The van der Waals surface area contributed by atoms with Gasteiger partial charge in [0.25, 0.3) is 0 Å². The fourth-order valence-corrected chi connectivity index (χ4v) is 3.67. The Labute approximate surface area is 191 Å². The van der Waals surface area contributed by atoms with Gasteiger partial charge in [0.2, 0.25) is 5.91 Å². The van der Waals surface area contributed by atoms with Crippen molar-refractivity contribution in [3.8, 4) is 0 Å². The van der Waals surface area contributed by atoms with E-state index in [1.165, 1.54) is 0 Å². The Balaban J connectivity index is 1.74. The molecule has 1 aromatic rings. The van der Waals surface area contributed by atoms with Crippen LogP contribution in [0.3, 0.4) is 0 Å². The average molecular weight is 448 g/mol. The molecule has 1 aliphatic heterocycles. The van der Waals surface area contributed by atoms with Crippen LogP contribution >= 0.6 is 0 Å². The number of amides is 3. The van der Waals surface area contributed by atoms with Crippen molar-refractivity contribution in [2.24, 2.45) is 5.92 Å². The van der Waals surface area contributed by atoms with Crippen molar-refractivity contribution in [1.82, 2.24) is 15.5 Å². The maximum atomic E-state index is 13.0. The van der Waals surface area contributed by atoms with E-state index in [1.54, 1.807) is 4.90 Å². The van der Waals surface area contributed by atoms with Crippen molar-refractivity contribution >= 4 is 18.1 Å². The topological polar surface area (TPSA) is 97.0 Å². The summed E-state index contributed by atoms with van der Waals surface area (Å²) in [5.41, 5.74) is 0.366. The van der Waals surface area contributed by atoms with Gasteiger partial charge < -0.3 is 25.0 Å². The van der Waals surface area contributed by atoms with Crippen LogP contribution < -0.4 is 10.6 Å². The molecule has 178 valence electrons. The summed E-state index contributed by atoms with van der Waals surface area (Å²) < 4.78 is 10.5. The monoisotopic (exact) mass is 447 g/mol. The highest BCUT2D eigenvalue weighted by Gasteiger charge is 2.32. The molecule has 1 unspecified atom stereocenters. The van der Waals surface area contributed by atoms with Gasteiger partial charge in [-0.25, -0.2) is 9.59 Å². The van der Waals surface area contributed by atoms with Gasteiger partial charge in [0, 0.05) is 25.6 Å². The van der Waals surface area contributed by atoms with E-state index in [0.717, 1.165) is 18.4 Å². The van der Waals surface area contributed by atoms with Crippen molar-refractivity contribution < 1.29 is 23.9 Å². The van der Waals surface area contributed by atoms with Crippen molar-refractivity contribution in [2.45, 2.75) is 71.6 Å². The lowest BCUT2D eigenvalue weighted by Crippen LogP contribution is -2.42.